The maximum absolute atomic E-state index is 13.3. The topological polar surface area (TPSA) is 124 Å². The van der Waals surface area contributed by atoms with E-state index in [4.69, 9.17) is 5.73 Å². The predicted octanol–water partition coefficient (Wildman–Crippen LogP) is 3.03. The summed E-state index contributed by atoms with van der Waals surface area (Å²) in [5.74, 6) is -0.241. The molecule has 2 aliphatic carbocycles. The standard InChI is InChI=1S/C20H25FN4O4S2/c1-11-8-15(31(28,29)13-6-7-13)17(22)19(27)25(11)14(9-12-4-2-3-5-12)18(26)24-20-23-10-16(21)30-20/h8,10,12-14H,2-7,9,22H2,1H3,(H,23,24,26)/t14-/m0/s1. The minimum absolute atomic E-state index is 0.102. The van der Waals surface area contributed by atoms with E-state index in [1.54, 1.807) is 6.92 Å². The third kappa shape index (κ3) is 4.38. The largest absolute Gasteiger partial charge is 0.393 e. The Morgan fingerprint density at radius 3 is 2.61 bits per heavy atom. The number of rotatable bonds is 7. The number of nitrogen functional groups attached to an aromatic ring is 1. The van der Waals surface area contributed by atoms with Gasteiger partial charge in [-0.25, -0.2) is 13.4 Å². The van der Waals surface area contributed by atoms with E-state index in [-0.39, 0.29) is 21.6 Å². The van der Waals surface area contributed by atoms with Crippen LogP contribution in [0.25, 0.3) is 0 Å². The number of nitrogens with zero attached hydrogens (tertiary/aromatic N) is 2. The highest BCUT2D eigenvalue weighted by Gasteiger charge is 2.39. The first-order valence-corrected chi connectivity index (χ1v) is 12.7. The molecule has 1 atom stereocenters. The van der Waals surface area contributed by atoms with Crippen LogP contribution in [0.4, 0.5) is 15.2 Å². The molecular weight excluding hydrogens is 443 g/mol. The van der Waals surface area contributed by atoms with Crippen LogP contribution in [0.2, 0.25) is 0 Å². The Labute approximate surface area is 183 Å². The number of pyridine rings is 1. The number of thiazole rings is 1. The Hall–Kier alpha value is -2.27. The Morgan fingerprint density at radius 1 is 1.35 bits per heavy atom. The average molecular weight is 469 g/mol. The van der Waals surface area contributed by atoms with E-state index < -0.39 is 37.7 Å². The molecule has 31 heavy (non-hydrogen) atoms. The van der Waals surface area contributed by atoms with Gasteiger partial charge < -0.3 is 11.1 Å². The number of anilines is 2. The molecule has 0 bridgehead atoms. The molecule has 2 saturated carbocycles. The van der Waals surface area contributed by atoms with Crippen molar-refractivity contribution < 1.29 is 17.6 Å². The minimum atomic E-state index is -3.66. The number of nitrogens with two attached hydrogens (primary N) is 1. The van der Waals surface area contributed by atoms with Crippen LogP contribution in [0.3, 0.4) is 0 Å². The smallest absolute Gasteiger partial charge is 0.275 e. The van der Waals surface area contributed by atoms with Gasteiger partial charge in [-0.2, -0.15) is 4.39 Å². The average Bonchev–Trinajstić information content (AvgIpc) is 3.32. The van der Waals surface area contributed by atoms with Crippen molar-refractivity contribution in [1.29, 1.82) is 0 Å². The molecule has 4 rings (SSSR count). The Balaban J connectivity index is 1.74. The van der Waals surface area contributed by atoms with Gasteiger partial charge >= 0.3 is 0 Å². The third-order valence-corrected chi connectivity index (χ3v) is 9.06. The van der Waals surface area contributed by atoms with Crippen LogP contribution in [0.5, 0.6) is 0 Å². The van der Waals surface area contributed by atoms with Crippen LogP contribution in [0.15, 0.2) is 22.0 Å². The van der Waals surface area contributed by atoms with E-state index in [1.165, 1.54) is 10.6 Å². The predicted molar refractivity (Wildman–Crippen MR) is 116 cm³/mol. The molecule has 0 spiro atoms. The molecule has 2 aromatic rings. The maximum atomic E-state index is 13.3. The van der Waals surface area contributed by atoms with Crippen LogP contribution in [-0.4, -0.2) is 29.1 Å². The number of sulfone groups is 1. The number of carbonyl (C=O) groups excluding carboxylic acids is 1. The fourth-order valence-corrected chi connectivity index (χ4v) is 6.70. The van der Waals surface area contributed by atoms with Crippen LogP contribution >= 0.6 is 11.3 Å². The van der Waals surface area contributed by atoms with Gasteiger partial charge in [0.25, 0.3) is 5.56 Å². The van der Waals surface area contributed by atoms with E-state index in [0.29, 0.717) is 36.3 Å². The lowest BCUT2D eigenvalue weighted by molar-refractivity contribution is -0.119. The molecule has 2 fully saturated rings. The van der Waals surface area contributed by atoms with E-state index in [0.717, 1.165) is 31.9 Å². The van der Waals surface area contributed by atoms with Gasteiger partial charge in [0.05, 0.1) is 16.3 Å². The molecule has 2 aliphatic rings. The lowest BCUT2D eigenvalue weighted by Crippen LogP contribution is -2.37. The summed E-state index contributed by atoms with van der Waals surface area (Å²) in [7, 11) is -3.66. The number of aromatic nitrogens is 2. The Bertz CT molecular complexity index is 1160. The summed E-state index contributed by atoms with van der Waals surface area (Å²) in [5.41, 5.74) is 5.30. The number of nitrogens with one attached hydrogen (secondary N) is 1. The monoisotopic (exact) mass is 468 g/mol. The summed E-state index contributed by atoms with van der Waals surface area (Å²) in [4.78, 5) is 30.0. The highest BCUT2D eigenvalue weighted by Crippen LogP contribution is 2.37. The van der Waals surface area contributed by atoms with Crippen molar-refractivity contribution in [2.24, 2.45) is 5.92 Å². The quantitative estimate of drug-likeness (QED) is 0.644. The molecule has 2 heterocycles. The van der Waals surface area contributed by atoms with Gasteiger partial charge in [0.15, 0.2) is 20.1 Å². The van der Waals surface area contributed by atoms with Crippen molar-refractivity contribution in [2.45, 2.75) is 68.1 Å². The SMILES string of the molecule is Cc1cc(S(=O)(=O)C2CC2)c(N)c(=O)n1[C@@H](CC1CCCC1)C(=O)Nc1ncc(F)s1. The van der Waals surface area contributed by atoms with Crippen molar-refractivity contribution in [2.75, 3.05) is 11.1 Å². The number of hydrogen-bond donors (Lipinski definition) is 2. The van der Waals surface area contributed by atoms with E-state index in [9.17, 15) is 22.4 Å². The zero-order valence-corrected chi connectivity index (χ0v) is 18.8. The molecule has 8 nitrogen and oxygen atoms in total. The summed E-state index contributed by atoms with van der Waals surface area (Å²) in [6.07, 6.45) is 6.56. The van der Waals surface area contributed by atoms with Crippen LogP contribution in [0, 0.1) is 18.0 Å². The normalized spacial score (nSPS) is 18.3. The third-order valence-electron chi connectivity index (χ3n) is 6.06. The molecule has 0 saturated heterocycles. The van der Waals surface area contributed by atoms with Gasteiger partial charge in [-0.15, -0.1) is 0 Å². The molecule has 0 aromatic carbocycles. The van der Waals surface area contributed by atoms with Gasteiger partial charge in [0.2, 0.25) is 5.91 Å². The zero-order chi connectivity index (χ0) is 22.3. The van der Waals surface area contributed by atoms with Gasteiger partial charge in [0.1, 0.15) is 11.7 Å². The minimum Gasteiger partial charge on any atom is -0.393 e. The van der Waals surface area contributed by atoms with Crippen molar-refractivity contribution >= 4 is 37.9 Å². The Kier molecular flexibility index (Phi) is 5.91. The van der Waals surface area contributed by atoms with Gasteiger partial charge in [-0.1, -0.05) is 37.0 Å². The van der Waals surface area contributed by atoms with Gasteiger partial charge in [-0.3, -0.25) is 14.2 Å². The second kappa shape index (κ2) is 8.34. The van der Waals surface area contributed by atoms with E-state index in [2.05, 4.69) is 10.3 Å². The Morgan fingerprint density at radius 2 is 2.03 bits per heavy atom. The summed E-state index contributed by atoms with van der Waals surface area (Å²) in [6.45, 7) is 1.60. The van der Waals surface area contributed by atoms with Crippen molar-refractivity contribution in [3.63, 3.8) is 0 Å². The summed E-state index contributed by atoms with van der Waals surface area (Å²) in [5, 5.41) is 1.66. The van der Waals surface area contributed by atoms with E-state index in [1.807, 2.05) is 0 Å². The summed E-state index contributed by atoms with van der Waals surface area (Å²) in [6, 6.07) is 0.491. The molecular formula is C20H25FN4O4S2. The van der Waals surface area contributed by atoms with Crippen molar-refractivity contribution in [3.05, 3.63) is 33.4 Å². The fourth-order valence-electron chi connectivity index (χ4n) is 4.31. The molecule has 3 N–H and O–H groups in total. The molecule has 1 amide bonds. The second-order valence-electron chi connectivity index (χ2n) is 8.34. The number of halogens is 1. The second-order valence-corrected chi connectivity index (χ2v) is 11.5. The zero-order valence-electron chi connectivity index (χ0n) is 17.1. The molecule has 0 unspecified atom stereocenters. The number of hydrogen-bond acceptors (Lipinski definition) is 7. The van der Waals surface area contributed by atoms with Crippen molar-refractivity contribution in [3.8, 4) is 0 Å². The molecule has 11 heteroatoms. The lowest BCUT2D eigenvalue weighted by Gasteiger charge is -2.25. The lowest BCUT2D eigenvalue weighted by atomic mass is 9.97. The highest BCUT2D eigenvalue weighted by molar-refractivity contribution is 7.92. The fraction of sp³-hybridized carbons (Fsp3) is 0.550. The van der Waals surface area contributed by atoms with Crippen molar-refractivity contribution in [1.82, 2.24) is 9.55 Å². The van der Waals surface area contributed by atoms with Crippen LogP contribution in [-0.2, 0) is 14.6 Å². The van der Waals surface area contributed by atoms with Crippen LogP contribution in [0.1, 0.15) is 56.7 Å². The van der Waals surface area contributed by atoms with Gasteiger partial charge in [0, 0.05) is 5.69 Å². The summed E-state index contributed by atoms with van der Waals surface area (Å²) < 4.78 is 40.0. The first-order valence-electron chi connectivity index (χ1n) is 10.4. The maximum Gasteiger partial charge on any atom is 0.275 e. The molecule has 0 radical (unpaired) electrons. The van der Waals surface area contributed by atoms with E-state index >= 15 is 0 Å². The first-order chi connectivity index (χ1) is 14.7. The molecule has 2 aromatic heterocycles. The number of aryl methyl sites for hydroxylation is 1. The highest BCUT2D eigenvalue weighted by atomic mass is 32.2. The number of carbonyl (C=O) groups is 1. The molecule has 168 valence electrons. The van der Waals surface area contributed by atoms with Crippen LogP contribution < -0.4 is 16.6 Å². The number of amides is 1. The molecule has 0 aliphatic heterocycles. The first kappa shape index (κ1) is 21.9. The van der Waals surface area contributed by atoms with Gasteiger partial charge in [-0.05, 0) is 38.2 Å². The summed E-state index contributed by atoms with van der Waals surface area (Å²) >= 11 is 0.698.